The molecule has 116 valence electrons. The molecule has 0 bridgehead atoms. The third kappa shape index (κ3) is 3.50. The van der Waals surface area contributed by atoms with Crippen molar-refractivity contribution in [2.75, 3.05) is 11.1 Å². The van der Waals surface area contributed by atoms with Crippen LogP contribution in [-0.2, 0) is 4.79 Å². The van der Waals surface area contributed by atoms with Crippen LogP contribution in [0.4, 0.5) is 11.4 Å². The molecule has 0 aromatic heterocycles. The Kier molecular flexibility index (Phi) is 5.12. The Morgan fingerprint density at radius 2 is 2.24 bits per heavy atom. The first-order valence-corrected chi connectivity index (χ1v) is 7.95. The van der Waals surface area contributed by atoms with E-state index in [0.717, 1.165) is 19.3 Å². The minimum Gasteiger partial charge on any atom is -0.397 e. The summed E-state index contributed by atoms with van der Waals surface area (Å²) in [5.41, 5.74) is 7.00. The van der Waals surface area contributed by atoms with E-state index < -0.39 is 0 Å². The average Bonchev–Trinajstić information content (AvgIpc) is 2.83. The lowest BCUT2D eigenvalue weighted by molar-refractivity contribution is -0.121. The highest BCUT2D eigenvalue weighted by molar-refractivity contribution is 6.31. The number of nitrogens with one attached hydrogen (secondary N) is 1. The molecule has 2 rings (SSSR count). The largest absolute Gasteiger partial charge is 0.397 e. The molecule has 1 fully saturated rings. The highest BCUT2D eigenvalue weighted by atomic mass is 35.5. The number of amides is 1. The van der Waals surface area contributed by atoms with E-state index in [2.05, 4.69) is 24.1 Å². The lowest BCUT2D eigenvalue weighted by Crippen LogP contribution is -2.47. The minimum atomic E-state index is -0.175. The summed E-state index contributed by atoms with van der Waals surface area (Å²) < 4.78 is 0. The van der Waals surface area contributed by atoms with Gasteiger partial charge >= 0.3 is 0 Å². The van der Waals surface area contributed by atoms with Crippen LogP contribution in [0.3, 0.4) is 0 Å². The van der Waals surface area contributed by atoms with Crippen LogP contribution in [-0.4, -0.2) is 28.9 Å². The molecule has 1 aromatic carbocycles. The van der Waals surface area contributed by atoms with E-state index >= 15 is 0 Å². The van der Waals surface area contributed by atoms with Gasteiger partial charge in [0.2, 0.25) is 5.91 Å². The van der Waals surface area contributed by atoms with Gasteiger partial charge in [0, 0.05) is 17.1 Å². The van der Waals surface area contributed by atoms with Gasteiger partial charge in [-0.2, -0.15) is 0 Å². The smallest absolute Gasteiger partial charge is 0.241 e. The molecule has 1 aliphatic heterocycles. The van der Waals surface area contributed by atoms with E-state index in [1.165, 1.54) is 0 Å². The molecule has 3 unspecified atom stereocenters. The Morgan fingerprint density at radius 1 is 1.52 bits per heavy atom. The van der Waals surface area contributed by atoms with Crippen molar-refractivity contribution in [1.82, 2.24) is 4.90 Å². The number of benzene rings is 1. The van der Waals surface area contributed by atoms with Crippen molar-refractivity contribution in [2.24, 2.45) is 0 Å². The lowest BCUT2D eigenvalue weighted by Gasteiger charge is -2.33. The fraction of sp³-hybridized carbons (Fsp3) is 0.562. The number of hydrogen-bond donors (Lipinski definition) is 2. The predicted molar refractivity (Wildman–Crippen MR) is 88.6 cm³/mol. The number of carbonyl (C=O) groups is 1. The standard InChI is InChI=1S/C16H24ClN3O/c1-4-13-7-5-10(2)20(13)11(3)16(21)19-15-9-12(17)6-8-14(15)18/h6,8-11,13H,4-5,7,18H2,1-3H3,(H,19,21). The summed E-state index contributed by atoms with van der Waals surface area (Å²) in [6.07, 6.45) is 3.38. The summed E-state index contributed by atoms with van der Waals surface area (Å²) in [5, 5.41) is 3.47. The zero-order valence-electron chi connectivity index (χ0n) is 12.9. The predicted octanol–water partition coefficient (Wildman–Crippen LogP) is 3.51. The molecule has 5 heteroatoms. The zero-order chi connectivity index (χ0) is 15.6. The van der Waals surface area contributed by atoms with Crippen molar-refractivity contribution in [1.29, 1.82) is 0 Å². The molecule has 1 amide bonds. The third-order valence-corrected chi connectivity index (χ3v) is 4.65. The second kappa shape index (κ2) is 6.67. The molecular weight excluding hydrogens is 286 g/mol. The van der Waals surface area contributed by atoms with E-state index in [1.807, 2.05) is 6.92 Å². The van der Waals surface area contributed by atoms with E-state index in [4.69, 9.17) is 17.3 Å². The third-order valence-electron chi connectivity index (χ3n) is 4.42. The Bertz CT molecular complexity index is 520. The first-order valence-electron chi connectivity index (χ1n) is 7.57. The van der Waals surface area contributed by atoms with Crippen LogP contribution in [0.25, 0.3) is 0 Å². The van der Waals surface area contributed by atoms with Crippen molar-refractivity contribution in [2.45, 2.75) is 58.2 Å². The molecule has 1 heterocycles. The van der Waals surface area contributed by atoms with Gasteiger partial charge in [0.05, 0.1) is 17.4 Å². The minimum absolute atomic E-state index is 0.0313. The number of halogens is 1. The van der Waals surface area contributed by atoms with Crippen LogP contribution < -0.4 is 11.1 Å². The van der Waals surface area contributed by atoms with E-state index in [9.17, 15) is 4.79 Å². The van der Waals surface area contributed by atoms with Crippen molar-refractivity contribution in [3.63, 3.8) is 0 Å². The van der Waals surface area contributed by atoms with E-state index in [0.29, 0.717) is 28.5 Å². The summed E-state index contributed by atoms with van der Waals surface area (Å²) >= 11 is 5.96. The van der Waals surface area contributed by atoms with Gasteiger partial charge in [0.15, 0.2) is 0 Å². The normalized spacial score (nSPS) is 24.0. The molecule has 0 aliphatic carbocycles. The maximum absolute atomic E-state index is 12.5. The monoisotopic (exact) mass is 309 g/mol. The van der Waals surface area contributed by atoms with E-state index in [-0.39, 0.29) is 11.9 Å². The number of nitrogens with zero attached hydrogens (tertiary/aromatic N) is 1. The number of nitrogens with two attached hydrogens (primary N) is 1. The van der Waals surface area contributed by atoms with Crippen molar-refractivity contribution < 1.29 is 4.79 Å². The molecule has 1 saturated heterocycles. The number of nitrogen functional groups attached to an aromatic ring is 1. The molecule has 4 nitrogen and oxygen atoms in total. The van der Waals surface area contributed by atoms with Crippen LogP contribution >= 0.6 is 11.6 Å². The SMILES string of the molecule is CCC1CCC(C)N1C(C)C(=O)Nc1cc(Cl)ccc1N. The maximum atomic E-state index is 12.5. The summed E-state index contributed by atoms with van der Waals surface area (Å²) in [6, 6.07) is 5.85. The van der Waals surface area contributed by atoms with Gasteiger partial charge in [-0.15, -0.1) is 0 Å². The molecule has 0 radical (unpaired) electrons. The van der Waals surface area contributed by atoms with Crippen LogP contribution in [0.2, 0.25) is 5.02 Å². The van der Waals surface area contributed by atoms with Crippen LogP contribution in [0.1, 0.15) is 40.0 Å². The highest BCUT2D eigenvalue weighted by Gasteiger charge is 2.35. The van der Waals surface area contributed by atoms with Crippen LogP contribution in [0, 0.1) is 0 Å². The second-order valence-electron chi connectivity index (χ2n) is 5.83. The molecule has 0 saturated carbocycles. The fourth-order valence-electron chi connectivity index (χ4n) is 3.21. The van der Waals surface area contributed by atoms with Crippen LogP contribution in [0.15, 0.2) is 18.2 Å². The molecule has 1 aliphatic rings. The molecular formula is C16H24ClN3O. The molecule has 1 aromatic rings. The summed E-state index contributed by atoms with van der Waals surface area (Å²) in [5.74, 6) is -0.0313. The molecule has 3 atom stereocenters. The molecule has 0 spiro atoms. The van der Waals surface area contributed by atoms with Crippen LogP contribution in [0.5, 0.6) is 0 Å². The fourth-order valence-corrected chi connectivity index (χ4v) is 3.39. The number of hydrogen-bond acceptors (Lipinski definition) is 3. The Hall–Kier alpha value is -1.26. The van der Waals surface area contributed by atoms with Crippen molar-refractivity contribution >= 4 is 28.9 Å². The van der Waals surface area contributed by atoms with Gasteiger partial charge in [-0.05, 0) is 51.3 Å². The zero-order valence-corrected chi connectivity index (χ0v) is 13.7. The van der Waals surface area contributed by atoms with Gasteiger partial charge in [-0.1, -0.05) is 18.5 Å². The summed E-state index contributed by atoms with van der Waals surface area (Å²) in [7, 11) is 0. The topological polar surface area (TPSA) is 58.4 Å². The molecule has 21 heavy (non-hydrogen) atoms. The second-order valence-corrected chi connectivity index (χ2v) is 6.27. The van der Waals surface area contributed by atoms with E-state index in [1.54, 1.807) is 18.2 Å². The van der Waals surface area contributed by atoms with Gasteiger partial charge in [-0.25, -0.2) is 0 Å². The number of likely N-dealkylation sites (tertiary alicyclic amines) is 1. The first kappa shape index (κ1) is 16.1. The quantitative estimate of drug-likeness (QED) is 0.837. The summed E-state index contributed by atoms with van der Waals surface area (Å²) in [6.45, 7) is 6.32. The van der Waals surface area contributed by atoms with Gasteiger partial charge in [0.25, 0.3) is 0 Å². The van der Waals surface area contributed by atoms with Crippen molar-refractivity contribution in [3.05, 3.63) is 23.2 Å². The van der Waals surface area contributed by atoms with Crippen molar-refractivity contribution in [3.8, 4) is 0 Å². The Morgan fingerprint density at radius 3 is 2.90 bits per heavy atom. The highest BCUT2D eigenvalue weighted by Crippen LogP contribution is 2.29. The molecule has 3 N–H and O–H groups in total. The summed E-state index contributed by atoms with van der Waals surface area (Å²) in [4.78, 5) is 14.8. The van der Waals surface area contributed by atoms with Gasteiger partial charge in [0.1, 0.15) is 0 Å². The Labute approximate surface area is 131 Å². The average molecular weight is 310 g/mol. The van der Waals surface area contributed by atoms with Gasteiger partial charge < -0.3 is 11.1 Å². The number of anilines is 2. The number of rotatable bonds is 4. The Balaban J connectivity index is 2.10. The first-order chi connectivity index (χ1) is 9.93. The maximum Gasteiger partial charge on any atom is 0.241 e. The number of carbonyl (C=O) groups excluding carboxylic acids is 1. The lowest BCUT2D eigenvalue weighted by atomic mass is 10.1. The van der Waals surface area contributed by atoms with Gasteiger partial charge in [-0.3, -0.25) is 9.69 Å².